The number of methoxy groups -OCH3 is 2. The van der Waals surface area contributed by atoms with Gasteiger partial charge >= 0.3 is 6.03 Å². The predicted octanol–water partition coefficient (Wildman–Crippen LogP) is 3.08. The van der Waals surface area contributed by atoms with Gasteiger partial charge in [-0.1, -0.05) is 12.1 Å². The van der Waals surface area contributed by atoms with Crippen LogP contribution in [0.3, 0.4) is 0 Å². The van der Waals surface area contributed by atoms with E-state index >= 15 is 0 Å². The zero-order valence-corrected chi connectivity index (χ0v) is 20.0. The molecule has 0 N–H and O–H groups in total. The summed E-state index contributed by atoms with van der Waals surface area (Å²) in [6.07, 6.45) is 4.21. The number of carbonyl (C=O) groups excluding carboxylic acids is 2. The maximum atomic E-state index is 13.7. The number of ether oxygens (including phenoxy) is 2. The smallest absolute Gasteiger partial charge is 0.327 e. The maximum Gasteiger partial charge on any atom is 0.327 e. The minimum atomic E-state index is -0.729. The van der Waals surface area contributed by atoms with E-state index in [1.165, 1.54) is 4.90 Å². The van der Waals surface area contributed by atoms with Crippen LogP contribution in [-0.4, -0.2) is 90.7 Å². The van der Waals surface area contributed by atoms with Crippen molar-refractivity contribution < 1.29 is 19.1 Å². The predicted molar refractivity (Wildman–Crippen MR) is 124 cm³/mol. The summed E-state index contributed by atoms with van der Waals surface area (Å²) >= 11 is 1.84. The molecule has 1 aromatic carbocycles. The molecule has 2 saturated heterocycles. The number of likely N-dealkylation sites (tertiary alicyclic amines) is 1. The zero-order chi connectivity index (χ0) is 22.4. The Morgan fingerprint density at radius 3 is 2.39 bits per heavy atom. The molecule has 2 heterocycles. The lowest BCUT2D eigenvalue weighted by molar-refractivity contribution is -0.136. The van der Waals surface area contributed by atoms with Gasteiger partial charge in [-0.25, -0.2) is 4.79 Å². The summed E-state index contributed by atoms with van der Waals surface area (Å²) in [6, 6.07) is 7.83. The first-order chi connectivity index (χ1) is 15.0. The van der Waals surface area contributed by atoms with E-state index in [9.17, 15) is 9.59 Å². The van der Waals surface area contributed by atoms with Gasteiger partial charge in [-0.3, -0.25) is 14.6 Å². The van der Waals surface area contributed by atoms with E-state index in [1.54, 1.807) is 14.2 Å². The van der Waals surface area contributed by atoms with Crippen molar-refractivity contribution in [3.8, 4) is 5.75 Å². The molecule has 0 saturated carbocycles. The highest BCUT2D eigenvalue weighted by Gasteiger charge is 2.57. The lowest BCUT2D eigenvalue weighted by atomic mass is 9.85. The normalized spacial score (nSPS) is 20.0. The maximum absolute atomic E-state index is 13.7. The quantitative estimate of drug-likeness (QED) is 0.404. The van der Waals surface area contributed by atoms with Crippen LogP contribution in [0.1, 0.15) is 31.7 Å². The molecule has 2 aliphatic rings. The molecule has 31 heavy (non-hydrogen) atoms. The van der Waals surface area contributed by atoms with Gasteiger partial charge in [-0.15, -0.1) is 0 Å². The van der Waals surface area contributed by atoms with Crippen molar-refractivity contribution >= 4 is 23.7 Å². The van der Waals surface area contributed by atoms with Gasteiger partial charge < -0.3 is 14.4 Å². The Hall–Kier alpha value is -1.77. The number of hydrogen-bond acceptors (Lipinski definition) is 6. The van der Waals surface area contributed by atoms with Crippen LogP contribution in [0.15, 0.2) is 24.3 Å². The molecule has 172 valence electrons. The molecular weight excluding hydrogens is 414 g/mol. The second kappa shape index (κ2) is 10.7. The molecule has 1 spiro atoms. The van der Waals surface area contributed by atoms with Crippen LogP contribution >= 0.6 is 11.8 Å². The SMILES string of the molecule is COCCCN1C(=O)N(Cc2ccc(OC)cc2)C(=O)C12CCN([C@@H](C)CSC)CC2. The molecule has 3 amide bonds. The minimum absolute atomic E-state index is 0.0529. The number of rotatable bonds is 10. The third-order valence-corrected chi connectivity index (χ3v) is 7.32. The summed E-state index contributed by atoms with van der Waals surface area (Å²) in [7, 11) is 3.28. The average molecular weight is 450 g/mol. The molecular formula is C23H35N3O4S. The van der Waals surface area contributed by atoms with E-state index in [1.807, 2.05) is 40.9 Å². The minimum Gasteiger partial charge on any atom is -0.497 e. The number of benzene rings is 1. The largest absolute Gasteiger partial charge is 0.497 e. The Kier molecular flexibility index (Phi) is 8.24. The zero-order valence-electron chi connectivity index (χ0n) is 19.1. The van der Waals surface area contributed by atoms with E-state index in [2.05, 4.69) is 18.1 Å². The average Bonchev–Trinajstić information content (AvgIpc) is 2.97. The molecule has 0 unspecified atom stereocenters. The topological polar surface area (TPSA) is 62.3 Å². The van der Waals surface area contributed by atoms with Gasteiger partial charge in [0.25, 0.3) is 5.91 Å². The summed E-state index contributed by atoms with van der Waals surface area (Å²) in [6.45, 7) is 5.30. The van der Waals surface area contributed by atoms with Crippen LogP contribution in [0.5, 0.6) is 5.75 Å². The van der Waals surface area contributed by atoms with E-state index < -0.39 is 5.54 Å². The lowest BCUT2D eigenvalue weighted by Gasteiger charge is -2.44. The van der Waals surface area contributed by atoms with Crippen LogP contribution in [0.25, 0.3) is 0 Å². The first-order valence-corrected chi connectivity index (χ1v) is 12.3. The van der Waals surface area contributed by atoms with Gasteiger partial charge in [-0.05, 0) is 50.1 Å². The van der Waals surface area contributed by atoms with Gasteiger partial charge in [0.2, 0.25) is 0 Å². The standard InChI is InChI=1S/C23H35N3O4S/c1-18(17-31-4)24-13-10-23(11-14-24)21(27)25(22(28)26(23)12-5-15-29-2)16-19-6-8-20(30-3)9-7-19/h6-9,18H,5,10-17H2,1-4H3/t18-/m0/s1. The van der Waals surface area contributed by atoms with Crippen LogP contribution in [0.4, 0.5) is 4.79 Å². The van der Waals surface area contributed by atoms with E-state index in [4.69, 9.17) is 9.47 Å². The van der Waals surface area contributed by atoms with Crippen LogP contribution < -0.4 is 4.74 Å². The van der Waals surface area contributed by atoms with Crippen molar-refractivity contribution in [1.82, 2.24) is 14.7 Å². The molecule has 8 heteroatoms. The number of thioether (sulfide) groups is 1. The fourth-order valence-corrected chi connectivity index (χ4v) is 5.37. The summed E-state index contributed by atoms with van der Waals surface area (Å²) < 4.78 is 10.4. The summed E-state index contributed by atoms with van der Waals surface area (Å²) in [5.74, 6) is 1.77. The van der Waals surface area contributed by atoms with Crippen molar-refractivity contribution in [2.45, 2.75) is 44.3 Å². The van der Waals surface area contributed by atoms with Gasteiger partial charge in [0.1, 0.15) is 11.3 Å². The van der Waals surface area contributed by atoms with Crippen LogP contribution in [-0.2, 0) is 16.1 Å². The molecule has 0 aliphatic carbocycles. The van der Waals surface area contributed by atoms with Gasteiger partial charge in [0.15, 0.2) is 0 Å². The summed E-state index contributed by atoms with van der Waals surface area (Å²) in [5, 5.41) is 0. The third-order valence-electron chi connectivity index (χ3n) is 6.51. The van der Waals surface area contributed by atoms with E-state index in [-0.39, 0.29) is 18.5 Å². The molecule has 2 fully saturated rings. The van der Waals surface area contributed by atoms with Gasteiger partial charge in [0.05, 0.1) is 13.7 Å². The molecule has 3 rings (SSSR count). The number of amides is 3. The number of nitrogens with zero attached hydrogens (tertiary/aromatic N) is 3. The second-order valence-electron chi connectivity index (χ2n) is 8.39. The van der Waals surface area contributed by atoms with Crippen molar-refractivity contribution in [2.24, 2.45) is 0 Å². The highest BCUT2D eigenvalue weighted by molar-refractivity contribution is 7.98. The first-order valence-electron chi connectivity index (χ1n) is 10.9. The number of hydrogen-bond donors (Lipinski definition) is 0. The number of urea groups is 1. The number of piperidine rings is 1. The van der Waals surface area contributed by atoms with Crippen molar-refractivity contribution in [3.63, 3.8) is 0 Å². The first kappa shape index (κ1) is 23.9. The fourth-order valence-electron chi connectivity index (χ4n) is 4.68. The Morgan fingerprint density at radius 1 is 1.13 bits per heavy atom. The molecule has 2 aliphatic heterocycles. The van der Waals surface area contributed by atoms with Crippen LogP contribution in [0.2, 0.25) is 0 Å². The Labute approximate surface area is 190 Å². The highest BCUT2D eigenvalue weighted by Crippen LogP contribution is 2.38. The van der Waals surface area contributed by atoms with Crippen molar-refractivity contribution in [2.75, 3.05) is 52.5 Å². The van der Waals surface area contributed by atoms with Gasteiger partial charge in [0, 0.05) is 45.1 Å². The van der Waals surface area contributed by atoms with E-state index in [0.717, 1.165) is 36.6 Å². The molecule has 0 aromatic heterocycles. The lowest BCUT2D eigenvalue weighted by Crippen LogP contribution is -2.58. The number of imide groups is 1. The molecule has 7 nitrogen and oxygen atoms in total. The monoisotopic (exact) mass is 449 g/mol. The van der Waals surface area contributed by atoms with Crippen LogP contribution in [0, 0.1) is 0 Å². The van der Waals surface area contributed by atoms with Crippen molar-refractivity contribution in [3.05, 3.63) is 29.8 Å². The molecule has 0 radical (unpaired) electrons. The van der Waals surface area contributed by atoms with Gasteiger partial charge in [-0.2, -0.15) is 11.8 Å². The number of carbonyl (C=O) groups is 2. The second-order valence-corrected chi connectivity index (χ2v) is 9.30. The third kappa shape index (κ3) is 5.02. The molecule has 0 bridgehead atoms. The fraction of sp³-hybridized carbons (Fsp3) is 0.652. The summed E-state index contributed by atoms with van der Waals surface area (Å²) in [4.78, 5) is 32.7. The van der Waals surface area contributed by atoms with E-state index in [0.29, 0.717) is 32.0 Å². The Bertz CT molecular complexity index is 750. The highest BCUT2D eigenvalue weighted by atomic mass is 32.2. The Morgan fingerprint density at radius 2 is 1.81 bits per heavy atom. The van der Waals surface area contributed by atoms with Crippen molar-refractivity contribution in [1.29, 1.82) is 0 Å². The molecule has 1 atom stereocenters. The Balaban J connectivity index is 1.78. The summed E-state index contributed by atoms with van der Waals surface area (Å²) in [5.41, 5.74) is 0.190. The molecule has 1 aromatic rings.